The van der Waals surface area contributed by atoms with Crippen molar-refractivity contribution in [2.75, 3.05) is 11.1 Å². The molecule has 0 aromatic heterocycles. The van der Waals surface area contributed by atoms with Crippen LogP contribution in [-0.2, 0) is 4.79 Å². The van der Waals surface area contributed by atoms with Crippen molar-refractivity contribution in [3.8, 4) is 0 Å². The third-order valence-electron chi connectivity index (χ3n) is 6.39. The summed E-state index contributed by atoms with van der Waals surface area (Å²) in [6.07, 6.45) is 0.341. The molecule has 1 amide bonds. The van der Waals surface area contributed by atoms with Crippen molar-refractivity contribution >= 4 is 28.0 Å². The highest BCUT2D eigenvalue weighted by Gasteiger charge is 2.42. The fourth-order valence-electron chi connectivity index (χ4n) is 4.83. The van der Waals surface area contributed by atoms with Crippen LogP contribution >= 0.6 is 10.6 Å². The van der Waals surface area contributed by atoms with Crippen molar-refractivity contribution in [2.45, 2.75) is 78.5 Å². The summed E-state index contributed by atoms with van der Waals surface area (Å²) in [5.74, 6) is -0.0724. The Morgan fingerprint density at radius 2 is 1.67 bits per heavy atom. The molecule has 1 unspecified atom stereocenters. The summed E-state index contributed by atoms with van der Waals surface area (Å²) in [7, 11) is -3.16. The molecule has 0 fully saturated rings. The zero-order valence-electron chi connectivity index (χ0n) is 21.0. The highest BCUT2D eigenvalue weighted by molar-refractivity contribution is 8.24. The molecule has 0 saturated carbocycles. The number of rotatable bonds is 5. The van der Waals surface area contributed by atoms with Crippen LogP contribution in [-0.4, -0.2) is 26.5 Å². The van der Waals surface area contributed by atoms with Crippen molar-refractivity contribution in [3.63, 3.8) is 0 Å². The van der Waals surface area contributed by atoms with Crippen LogP contribution < -0.4 is 5.32 Å². The summed E-state index contributed by atoms with van der Waals surface area (Å²) in [6.45, 7) is 15.4. The standard InChI is InChI=1S/C27H37NO4S/c1-15(2)19-9-11-20(12-10-19)21-14-33(31,32)26-23(18(5)29)16(3)25(17(4)24(21)26)28-22(30)13-27(6,7)8/h9-12,15,21,31-32H,13-14H2,1-8H3,(H,28,30). The first-order valence-electron chi connectivity index (χ1n) is 11.5. The van der Waals surface area contributed by atoms with Gasteiger partial charge < -0.3 is 5.32 Å². The van der Waals surface area contributed by atoms with E-state index in [1.54, 1.807) is 6.92 Å². The maximum Gasteiger partial charge on any atom is 0.224 e. The Bertz CT molecular complexity index is 1090. The minimum Gasteiger partial charge on any atom is -0.326 e. The molecule has 2 aromatic carbocycles. The minimum absolute atomic E-state index is 0.120. The van der Waals surface area contributed by atoms with Crippen molar-refractivity contribution in [1.82, 2.24) is 0 Å². The number of amides is 1. The molecule has 0 radical (unpaired) electrons. The zero-order chi connectivity index (χ0) is 24.9. The van der Waals surface area contributed by atoms with Gasteiger partial charge in [0.05, 0.1) is 10.6 Å². The molecular formula is C27H37NO4S. The summed E-state index contributed by atoms with van der Waals surface area (Å²) >= 11 is 0. The van der Waals surface area contributed by atoms with Gasteiger partial charge in [0.1, 0.15) is 0 Å². The van der Waals surface area contributed by atoms with Crippen LogP contribution in [0.3, 0.4) is 0 Å². The Morgan fingerprint density at radius 3 is 2.15 bits per heavy atom. The van der Waals surface area contributed by atoms with Gasteiger partial charge in [-0.2, -0.15) is 10.6 Å². The van der Waals surface area contributed by atoms with E-state index in [1.165, 1.54) is 12.5 Å². The number of benzene rings is 2. The van der Waals surface area contributed by atoms with E-state index in [9.17, 15) is 18.7 Å². The topological polar surface area (TPSA) is 86.6 Å². The highest BCUT2D eigenvalue weighted by Crippen LogP contribution is 2.64. The highest BCUT2D eigenvalue weighted by atomic mass is 32.3. The van der Waals surface area contributed by atoms with Gasteiger partial charge in [-0.3, -0.25) is 18.7 Å². The first kappa shape index (κ1) is 25.5. The molecule has 0 saturated heterocycles. The molecule has 33 heavy (non-hydrogen) atoms. The van der Waals surface area contributed by atoms with E-state index in [1.807, 2.05) is 39.8 Å². The smallest absolute Gasteiger partial charge is 0.224 e. The quantitative estimate of drug-likeness (QED) is 0.401. The van der Waals surface area contributed by atoms with Crippen molar-refractivity contribution in [3.05, 3.63) is 57.6 Å². The van der Waals surface area contributed by atoms with Crippen LogP contribution in [0.25, 0.3) is 0 Å². The zero-order valence-corrected chi connectivity index (χ0v) is 21.8. The van der Waals surface area contributed by atoms with Crippen LogP contribution in [0.15, 0.2) is 29.2 Å². The van der Waals surface area contributed by atoms with E-state index in [0.29, 0.717) is 34.0 Å². The van der Waals surface area contributed by atoms with Crippen molar-refractivity contribution < 1.29 is 18.7 Å². The maximum absolute atomic E-state index is 12.8. The molecule has 2 aromatic rings. The first-order chi connectivity index (χ1) is 15.1. The number of ketones is 1. The molecule has 1 atom stereocenters. The van der Waals surface area contributed by atoms with Gasteiger partial charge in [-0.1, -0.05) is 58.9 Å². The maximum atomic E-state index is 12.8. The normalized spacial score (nSPS) is 18.2. The van der Waals surface area contributed by atoms with Crippen LogP contribution in [0.1, 0.15) is 98.0 Å². The van der Waals surface area contributed by atoms with E-state index >= 15 is 0 Å². The van der Waals surface area contributed by atoms with Gasteiger partial charge in [0.15, 0.2) is 5.78 Å². The van der Waals surface area contributed by atoms with Gasteiger partial charge in [0.2, 0.25) is 5.91 Å². The third-order valence-corrected chi connectivity index (χ3v) is 8.26. The number of carbonyl (C=O) groups is 2. The van der Waals surface area contributed by atoms with Gasteiger partial charge >= 0.3 is 0 Å². The number of fused-ring (bicyclic) bond motifs is 1. The number of anilines is 1. The van der Waals surface area contributed by atoms with E-state index in [2.05, 4.69) is 31.3 Å². The Morgan fingerprint density at radius 1 is 1.09 bits per heavy atom. The molecule has 180 valence electrons. The van der Waals surface area contributed by atoms with Crippen molar-refractivity contribution in [2.24, 2.45) is 5.41 Å². The number of nitrogens with one attached hydrogen (secondary N) is 1. The summed E-state index contributed by atoms with van der Waals surface area (Å²) in [5.41, 5.74) is 5.09. The predicted molar refractivity (Wildman–Crippen MR) is 137 cm³/mol. The largest absolute Gasteiger partial charge is 0.326 e. The van der Waals surface area contributed by atoms with Gasteiger partial charge in [-0.25, -0.2) is 0 Å². The fraction of sp³-hybridized carbons (Fsp3) is 0.481. The lowest BCUT2D eigenvalue weighted by atomic mass is 9.84. The number of Topliss-reactive ketones (excluding diaryl/α,β-unsaturated/α-hetero) is 1. The second-order valence-electron chi connectivity index (χ2n) is 10.8. The summed E-state index contributed by atoms with van der Waals surface area (Å²) in [4.78, 5) is 25.9. The molecule has 5 nitrogen and oxygen atoms in total. The van der Waals surface area contributed by atoms with Crippen LogP contribution in [0.2, 0.25) is 0 Å². The second kappa shape index (κ2) is 8.90. The lowest BCUT2D eigenvalue weighted by molar-refractivity contribution is -0.117. The van der Waals surface area contributed by atoms with Crippen LogP contribution in [0.4, 0.5) is 5.69 Å². The summed E-state index contributed by atoms with van der Waals surface area (Å²) in [5, 5.41) is 3.04. The van der Waals surface area contributed by atoms with E-state index in [0.717, 1.165) is 16.7 Å². The Labute approximate surface area is 199 Å². The second-order valence-corrected chi connectivity index (χ2v) is 12.9. The van der Waals surface area contributed by atoms with Gasteiger partial charge in [-0.05, 0) is 59.9 Å². The molecule has 3 N–H and O–H groups in total. The summed E-state index contributed by atoms with van der Waals surface area (Å²) < 4.78 is 22.2. The molecule has 6 heteroatoms. The third kappa shape index (κ3) is 5.03. The van der Waals surface area contributed by atoms with Gasteiger partial charge in [-0.15, -0.1) is 0 Å². The molecule has 3 rings (SSSR count). The fourth-order valence-corrected chi connectivity index (χ4v) is 7.09. The Kier molecular flexibility index (Phi) is 6.87. The minimum atomic E-state index is -3.16. The van der Waals surface area contributed by atoms with Crippen LogP contribution in [0, 0.1) is 19.3 Å². The number of carbonyl (C=O) groups excluding carboxylic acids is 2. The molecule has 0 aliphatic carbocycles. The molecule has 1 aliphatic rings. The Balaban J connectivity index is 2.21. The number of hydrogen-bond donors (Lipinski definition) is 3. The first-order valence-corrected chi connectivity index (χ1v) is 13.2. The van der Waals surface area contributed by atoms with E-state index in [-0.39, 0.29) is 28.8 Å². The molecule has 1 heterocycles. The molecule has 0 bridgehead atoms. The Hall–Kier alpha value is -2.15. The van der Waals surface area contributed by atoms with Gasteiger partial charge in [0, 0.05) is 23.6 Å². The molecule has 0 spiro atoms. The van der Waals surface area contributed by atoms with Crippen molar-refractivity contribution in [1.29, 1.82) is 0 Å². The van der Waals surface area contributed by atoms with Gasteiger partial charge in [0.25, 0.3) is 0 Å². The molecular weight excluding hydrogens is 434 g/mol. The average molecular weight is 472 g/mol. The van der Waals surface area contributed by atoms with Crippen LogP contribution in [0.5, 0.6) is 0 Å². The lowest BCUT2D eigenvalue weighted by Crippen LogP contribution is -2.22. The van der Waals surface area contributed by atoms with E-state index in [4.69, 9.17) is 0 Å². The lowest BCUT2D eigenvalue weighted by Gasteiger charge is -2.31. The average Bonchev–Trinajstić information content (AvgIpc) is 2.95. The molecule has 1 aliphatic heterocycles. The SMILES string of the molecule is CC(=O)c1c(C)c(NC(=O)CC(C)(C)C)c(C)c2c1S(O)(O)CC2c1ccc(C(C)C)cc1. The number of hydrogen-bond acceptors (Lipinski definition) is 4. The van der Waals surface area contributed by atoms with E-state index < -0.39 is 10.6 Å². The summed E-state index contributed by atoms with van der Waals surface area (Å²) in [6, 6.07) is 8.22. The monoisotopic (exact) mass is 471 g/mol. The predicted octanol–water partition coefficient (Wildman–Crippen LogP) is 7.26.